The molecular formula is C14H15FN2S. The van der Waals surface area contributed by atoms with Gasteiger partial charge < -0.3 is 11.5 Å². The van der Waals surface area contributed by atoms with Crippen molar-refractivity contribution in [3.63, 3.8) is 0 Å². The van der Waals surface area contributed by atoms with E-state index >= 15 is 0 Å². The maximum absolute atomic E-state index is 13.2. The Morgan fingerprint density at radius 1 is 1.11 bits per heavy atom. The zero-order chi connectivity index (χ0) is 13.0. The fraction of sp³-hybridized carbons (Fsp3) is 0.143. The molecule has 0 heterocycles. The Kier molecular flexibility index (Phi) is 4.23. The first-order valence-corrected chi connectivity index (χ1v) is 6.63. The summed E-state index contributed by atoms with van der Waals surface area (Å²) >= 11 is 1.51. The zero-order valence-electron chi connectivity index (χ0n) is 9.84. The Morgan fingerprint density at radius 2 is 1.83 bits per heavy atom. The van der Waals surface area contributed by atoms with Crippen molar-refractivity contribution in [2.24, 2.45) is 5.73 Å². The van der Waals surface area contributed by atoms with Crippen LogP contribution in [0.5, 0.6) is 0 Å². The third-order valence-corrected chi connectivity index (χ3v) is 3.65. The minimum Gasteiger partial charge on any atom is -0.399 e. The molecule has 1 atom stereocenters. The lowest BCUT2D eigenvalue weighted by molar-refractivity contribution is 0.625. The molecule has 0 amide bonds. The van der Waals surface area contributed by atoms with Crippen molar-refractivity contribution in [2.45, 2.75) is 10.9 Å². The number of hydrogen-bond donors (Lipinski definition) is 2. The van der Waals surface area contributed by atoms with E-state index in [1.165, 1.54) is 23.9 Å². The van der Waals surface area contributed by atoms with Crippen LogP contribution in [-0.4, -0.2) is 5.75 Å². The van der Waals surface area contributed by atoms with Crippen LogP contribution in [0.25, 0.3) is 0 Å². The molecule has 94 valence electrons. The molecule has 1 unspecified atom stereocenters. The van der Waals surface area contributed by atoms with Crippen molar-refractivity contribution in [1.29, 1.82) is 0 Å². The highest BCUT2D eigenvalue weighted by atomic mass is 32.2. The minimum absolute atomic E-state index is 0.0688. The number of halogens is 1. The first kappa shape index (κ1) is 12.9. The third kappa shape index (κ3) is 3.48. The first-order valence-electron chi connectivity index (χ1n) is 5.64. The topological polar surface area (TPSA) is 52.0 Å². The fourth-order valence-electron chi connectivity index (χ4n) is 1.65. The van der Waals surface area contributed by atoms with Crippen LogP contribution >= 0.6 is 11.8 Å². The first-order chi connectivity index (χ1) is 8.65. The molecule has 0 bridgehead atoms. The summed E-state index contributed by atoms with van der Waals surface area (Å²) in [6, 6.07) is 14.3. The molecule has 0 aliphatic carbocycles. The smallest absolute Gasteiger partial charge is 0.126 e. The van der Waals surface area contributed by atoms with Crippen LogP contribution in [0.15, 0.2) is 53.4 Å². The van der Waals surface area contributed by atoms with Gasteiger partial charge in [0.2, 0.25) is 0 Å². The molecule has 4 heteroatoms. The van der Waals surface area contributed by atoms with Crippen LogP contribution in [0.3, 0.4) is 0 Å². The van der Waals surface area contributed by atoms with Gasteiger partial charge in [-0.15, -0.1) is 11.8 Å². The summed E-state index contributed by atoms with van der Waals surface area (Å²) in [5.74, 6) is 0.373. The minimum atomic E-state index is -0.314. The summed E-state index contributed by atoms with van der Waals surface area (Å²) in [6.45, 7) is 0. The molecule has 18 heavy (non-hydrogen) atoms. The van der Waals surface area contributed by atoms with Gasteiger partial charge in [0.05, 0.1) is 0 Å². The molecule has 0 saturated carbocycles. The van der Waals surface area contributed by atoms with Crippen molar-refractivity contribution < 1.29 is 4.39 Å². The van der Waals surface area contributed by atoms with Gasteiger partial charge in [-0.3, -0.25) is 0 Å². The Bertz CT molecular complexity index is 496. The molecule has 0 aliphatic heterocycles. The normalized spacial score (nSPS) is 12.3. The second-order valence-electron chi connectivity index (χ2n) is 4.05. The number of nitrogen functional groups attached to an aromatic ring is 1. The van der Waals surface area contributed by atoms with E-state index in [0.29, 0.717) is 11.4 Å². The third-order valence-electron chi connectivity index (χ3n) is 2.55. The lowest BCUT2D eigenvalue weighted by Gasteiger charge is -2.11. The quantitative estimate of drug-likeness (QED) is 0.657. The van der Waals surface area contributed by atoms with Crippen LogP contribution in [0.2, 0.25) is 0 Å². The number of nitrogens with two attached hydrogens (primary N) is 2. The molecule has 2 rings (SSSR count). The number of anilines is 1. The van der Waals surface area contributed by atoms with Gasteiger partial charge in [0.25, 0.3) is 0 Å². The van der Waals surface area contributed by atoms with Crippen LogP contribution in [0.1, 0.15) is 11.6 Å². The SMILES string of the molecule is Nc1cc(F)cc(SCC(N)c2ccccc2)c1. The lowest BCUT2D eigenvalue weighted by atomic mass is 10.1. The van der Waals surface area contributed by atoms with E-state index in [1.807, 2.05) is 30.3 Å². The Labute approximate surface area is 110 Å². The van der Waals surface area contributed by atoms with Gasteiger partial charge in [0, 0.05) is 22.4 Å². The predicted octanol–water partition coefficient (Wildman–Crippen LogP) is 3.20. The Balaban J connectivity index is 1.99. The van der Waals surface area contributed by atoms with Gasteiger partial charge in [-0.1, -0.05) is 30.3 Å². The average Bonchev–Trinajstić information content (AvgIpc) is 2.36. The summed E-state index contributed by atoms with van der Waals surface area (Å²) in [5.41, 5.74) is 13.2. The van der Waals surface area contributed by atoms with Crippen LogP contribution in [0, 0.1) is 5.82 Å². The largest absolute Gasteiger partial charge is 0.399 e. The molecule has 2 aromatic carbocycles. The molecule has 0 saturated heterocycles. The Morgan fingerprint density at radius 3 is 2.50 bits per heavy atom. The van der Waals surface area contributed by atoms with Crippen LogP contribution < -0.4 is 11.5 Å². The summed E-state index contributed by atoms with van der Waals surface area (Å²) in [6.07, 6.45) is 0. The van der Waals surface area contributed by atoms with E-state index in [2.05, 4.69) is 0 Å². The highest BCUT2D eigenvalue weighted by Gasteiger charge is 2.07. The highest BCUT2D eigenvalue weighted by molar-refractivity contribution is 7.99. The molecule has 0 radical (unpaired) electrons. The van der Waals surface area contributed by atoms with Crippen molar-refractivity contribution in [3.8, 4) is 0 Å². The van der Waals surface area contributed by atoms with Gasteiger partial charge in [-0.25, -0.2) is 4.39 Å². The summed E-state index contributed by atoms with van der Waals surface area (Å²) < 4.78 is 13.2. The van der Waals surface area contributed by atoms with Gasteiger partial charge in [-0.05, 0) is 23.8 Å². The summed E-state index contributed by atoms with van der Waals surface area (Å²) in [4.78, 5) is 0.805. The number of benzene rings is 2. The molecule has 0 fully saturated rings. The maximum atomic E-state index is 13.2. The number of hydrogen-bond acceptors (Lipinski definition) is 3. The Hall–Kier alpha value is -1.52. The number of thioether (sulfide) groups is 1. The van der Waals surface area contributed by atoms with Crippen molar-refractivity contribution >= 4 is 17.4 Å². The van der Waals surface area contributed by atoms with Crippen LogP contribution in [-0.2, 0) is 0 Å². The van der Waals surface area contributed by atoms with Gasteiger partial charge >= 0.3 is 0 Å². The molecule has 2 aromatic rings. The fourth-order valence-corrected chi connectivity index (χ4v) is 2.63. The van der Waals surface area contributed by atoms with Gasteiger partial charge in [0.1, 0.15) is 5.82 Å². The second-order valence-corrected chi connectivity index (χ2v) is 5.14. The van der Waals surface area contributed by atoms with Gasteiger partial charge in [0.15, 0.2) is 0 Å². The molecule has 4 N–H and O–H groups in total. The van der Waals surface area contributed by atoms with E-state index in [-0.39, 0.29) is 11.9 Å². The predicted molar refractivity (Wildman–Crippen MR) is 74.9 cm³/mol. The summed E-state index contributed by atoms with van der Waals surface area (Å²) in [5, 5.41) is 0. The van der Waals surface area contributed by atoms with E-state index in [1.54, 1.807) is 6.07 Å². The number of rotatable bonds is 4. The monoisotopic (exact) mass is 262 g/mol. The summed E-state index contributed by atoms with van der Waals surface area (Å²) in [7, 11) is 0. The van der Waals surface area contributed by atoms with Crippen molar-refractivity contribution in [2.75, 3.05) is 11.5 Å². The van der Waals surface area contributed by atoms with E-state index in [4.69, 9.17) is 11.5 Å². The van der Waals surface area contributed by atoms with E-state index in [0.717, 1.165) is 10.5 Å². The lowest BCUT2D eigenvalue weighted by Crippen LogP contribution is -2.12. The average molecular weight is 262 g/mol. The van der Waals surface area contributed by atoms with E-state index in [9.17, 15) is 4.39 Å². The molecule has 0 spiro atoms. The van der Waals surface area contributed by atoms with Crippen molar-refractivity contribution in [1.82, 2.24) is 0 Å². The van der Waals surface area contributed by atoms with Crippen LogP contribution in [0.4, 0.5) is 10.1 Å². The molecule has 2 nitrogen and oxygen atoms in total. The van der Waals surface area contributed by atoms with E-state index < -0.39 is 0 Å². The maximum Gasteiger partial charge on any atom is 0.126 e. The molecule has 0 aliphatic rings. The second kappa shape index (κ2) is 5.89. The highest BCUT2D eigenvalue weighted by Crippen LogP contribution is 2.25. The van der Waals surface area contributed by atoms with Crippen molar-refractivity contribution in [3.05, 3.63) is 59.9 Å². The molecular weight excluding hydrogens is 247 g/mol. The molecule has 0 aromatic heterocycles. The zero-order valence-corrected chi connectivity index (χ0v) is 10.7. The van der Waals surface area contributed by atoms with Gasteiger partial charge in [-0.2, -0.15) is 0 Å². The standard InChI is InChI=1S/C14H15FN2S/c15-11-6-12(16)8-13(7-11)18-9-14(17)10-4-2-1-3-5-10/h1-8,14H,9,16-17H2.